The summed E-state index contributed by atoms with van der Waals surface area (Å²) >= 11 is 6.25. The van der Waals surface area contributed by atoms with Crippen molar-refractivity contribution in [3.63, 3.8) is 0 Å². The molecule has 0 spiro atoms. The van der Waals surface area contributed by atoms with Crippen LogP contribution in [-0.4, -0.2) is 20.7 Å². The van der Waals surface area contributed by atoms with Crippen LogP contribution >= 0.6 is 11.6 Å². The Balaban J connectivity index is 2.05. The van der Waals surface area contributed by atoms with Crippen LogP contribution in [0.15, 0.2) is 18.5 Å². The molecular formula is C14H15ClN4O. The average Bonchev–Trinajstić information content (AvgIpc) is 2.84. The predicted octanol–water partition coefficient (Wildman–Crippen LogP) is 2.89. The summed E-state index contributed by atoms with van der Waals surface area (Å²) in [6.07, 6.45) is 6.74. The first kappa shape index (κ1) is 13.1. The molecule has 2 aromatic heterocycles. The third-order valence-corrected chi connectivity index (χ3v) is 3.73. The van der Waals surface area contributed by atoms with Gasteiger partial charge >= 0.3 is 0 Å². The van der Waals surface area contributed by atoms with E-state index in [0.29, 0.717) is 10.8 Å². The number of nitrogens with one attached hydrogen (secondary N) is 1. The number of pyridine rings is 1. The van der Waals surface area contributed by atoms with E-state index < -0.39 is 0 Å². The van der Waals surface area contributed by atoms with Crippen molar-refractivity contribution in [2.45, 2.75) is 32.7 Å². The van der Waals surface area contributed by atoms with Crippen LogP contribution in [0.1, 0.15) is 25.5 Å². The van der Waals surface area contributed by atoms with Crippen LogP contribution in [0, 0.1) is 0 Å². The second-order valence-electron chi connectivity index (χ2n) is 4.92. The van der Waals surface area contributed by atoms with E-state index in [0.717, 1.165) is 30.5 Å². The van der Waals surface area contributed by atoms with Crippen LogP contribution in [0.2, 0.25) is 5.02 Å². The lowest BCUT2D eigenvalue weighted by atomic mass is 10.0. The molecule has 20 heavy (non-hydrogen) atoms. The van der Waals surface area contributed by atoms with Crippen LogP contribution in [-0.2, 0) is 17.8 Å². The van der Waals surface area contributed by atoms with Crippen molar-refractivity contribution < 1.29 is 4.79 Å². The van der Waals surface area contributed by atoms with E-state index in [9.17, 15) is 4.79 Å². The molecular weight excluding hydrogens is 276 g/mol. The summed E-state index contributed by atoms with van der Waals surface area (Å²) in [7, 11) is 0. The minimum Gasteiger partial charge on any atom is -0.311 e. The Bertz CT molecular complexity index is 665. The van der Waals surface area contributed by atoms with Gasteiger partial charge in [0.25, 0.3) is 0 Å². The highest BCUT2D eigenvalue weighted by molar-refractivity contribution is 6.33. The number of hydrogen-bond acceptors (Lipinski definition) is 3. The number of aromatic nitrogens is 3. The average molecular weight is 291 g/mol. The third kappa shape index (κ3) is 2.41. The van der Waals surface area contributed by atoms with Gasteiger partial charge in [0.15, 0.2) is 0 Å². The zero-order chi connectivity index (χ0) is 14.1. The molecule has 0 aromatic carbocycles. The molecule has 0 atom stereocenters. The molecule has 1 aliphatic heterocycles. The smallest absolute Gasteiger partial charge is 0.222 e. The van der Waals surface area contributed by atoms with Gasteiger partial charge in [-0.1, -0.05) is 11.6 Å². The molecule has 0 bridgehead atoms. The first-order valence-electron chi connectivity index (χ1n) is 6.63. The molecule has 0 unspecified atom stereocenters. The number of hydrogen-bond donors (Lipinski definition) is 1. The van der Waals surface area contributed by atoms with Crippen molar-refractivity contribution in [2.24, 2.45) is 0 Å². The van der Waals surface area contributed by atoms with Gasteiger partial charge in [-0.25, -0.2) is 4.98 Å². The van der Waals surface area contributed by atoms with E-state index in [1.165, 1.54) is 19.0 Å². The lowest BCUT2D eigenvalue weighted by Crippen LogP contribution is -2.11. The third-order valence-electron chi connectivity index (χ3n) is 3.43. The fourth-order valence-electron chi connectivity index (χ4n) is 2.54. The summed E-state index contributed by atoms with van der Waals surface area (Å²) in [4.78, 5) is 15.2. The van der Waals surface area contributed by atoms with Crippen molar-refractivity contribution in [1.29, 1.82) is 0 Å². The second kappa shape index (κ2) is 5.25. The van der Waals surface area contributed by atoms with Crippen molar-refractivity contribution in [2.75, 3.05) is 5.32 Å². The molecule has 0 radical (unpaired) electrons. The van der Waals surface area contributed by atoms with E-state index in [4.69, 9.17) is 11.6 Å². The second-order valence-corrected chi connectivity index (χ2v) is 5.32. The maximum absolute atomic E-state index is 11.1. The highest BCUT2D eigenvalue weighted by Crippen LogP contribution is 2.33. The fraction of sp³-hybridized carbons (Fsp3) is 0.357. The van der Waals surface area contributed by atoms with E-state index >= 15 is 0 Å². The number of rotatable bonds is 2. The number of amides is 1. The predicted molar refractivity (Wildman–Crippen MR) is 77.7 cm³/mol. The molecule has 5 nitrogen and oxygen atoms in total. The Morgan fingerprint density at radius 3 is 3.00 bits per heavy atom. The maximum atomic E-state index is 11.1. The molecule has 0 aliphatic carbocycles. The largest absolute Gasteiger partial charge is 0.311 e. The molecule has 0 fully saturated rings. The quantitative estimate of drug-likeness (QED) is 0.925. The maximum Gasteiger partial charge on any atom is 0.222 e. The number of carbonyl (C=O) groups excluding carboxylic acids is 1. The molecule has 6 heteroatoms. The highest BCUT2D eigenvalue weighted by atomic mass is 35.5. The minimum absolute atomic E-state index is 0.150. The highest BCUT2D eigenvalue weighted by Gasteiger charge is 2.18. The fourth-order valence-corrected chi connectivity index (χ4v) is 2.75. The summed E-state index contributed by atoms with van der Waals surface area (Å²) in [5, 5.41) is 7.66. The van der Waals surface area contributed by atoms with Crippen molar-refractivity contribution in [3.05, 3.63) is 29.2 Å². The normalized spacial score (nSPS) is 13.9. The van der Waals surface area contributed by atoms with Gasteiger partial charge in [-0.3, -0.25) is 9.48 Å². The minimum atomic E-state index is -0.150. The van der Waals surface area contributed by atoms with Gasteiger partial charge < -0.3 is 5.32 Å². The molecule has 1 aliphatic rings. The van der Waals surface area contributed by atoms with E-state index in [1.807, 2.05) is 10.9 Å². The Kier molecular flexibility index (Phi) is 3.44. The summed E-state index contributed by atoms with van der Waals surface area (Å²) in [6.45, 7) is 2.41. The number of fused-ring (bicyclic) bond motifs is 1. The zero-order valence-electron chi connectivity index (χ0n) is 11.2. The van der Waals surface area contributed by atoms with Crippen LogP contribution < -0.4 is 5.32 Å². The molecule has 1 N–H and O–H groups in total. The first-order chi connectivity index (χ1) is 9.65. The van der Waals surface area contributed by atoms with Gasteiger partial charge in [-0.2, -0.15) is 5.10 Å². The number of anilines is 1. The van der Waals surface area contributed by atoms with Crippen molar-refractivity contribution in [3.8, 4) is 11.1 Å². The zero-order valence-corrected chi connectivity index (χ0v) is 11.9. The molecule has 0 saturated carbocycles. The van der Waals surface area contributed by atoms with Crippen LogP contribution in [0.4, 0.5) is 5.82 Å². The molecule has 104 valence electrons. The van der Waals surface area contributed by atoms with E-state index in [2.05, 4.69) is 15.4 Å². The van der Waals surface area contributed by atoms with E-state index in [1.54, 1.807) is 12.3 Å². The van der Waals surface area contributed by atoms with Crippen molar-refractivity contribution >= 4 is 23.3 Å². The first-order valence-corrected chi connectivity index (χ1v) is 7.01. The summed E-state index contributed by atoms with van der Waals surface area (Å²) in [6, 6.07) is 1.80. The number of nitrogens with zero attached hydrogens (tertiary/aromatic N) is 3. The van der Waals surface area contributed by atoms with Gasteiger partial charge in [0, 0.05) is 36.5 Å². The lowest BCUT2D eigenvalue weighted by Gasteiger charge is -2.15. The number of halogens is 1. The van der Waals surface area contributed by atoms with Gasteiger partial charge in [-0.05, 0) is 25.3 Å². The topological polar surface area (TPSA) is 59.8 Å². The molecule has 2 aromatic rings. The Morgan fingerprint density at radius 1 is 1.35 bits per heavy atom. The van der Waals surface area contributed by atoms with Crippen LogP contribution in [0.25, 0.3) is 11.1 Å². The van der Waals surface area contributed by atoms with Gasteiger partial charge in [0.1, 0.15) is 5.82 Å². The molecule has 3 heterocycles. The Morgan fingerprint density at radius 2 is 2.20 bits per heavy atom. The van der Waals surface area contributed by atoms with Crippen molar-refractivity contribution in [1.82, 2.24) is 14.8 Å². The summed E-state index contributed by atoms with van der Waals surface area (Å²) in [5.41, 5.74) is 3.11. The Labute approximate surface area is 122 Å². The number of carbonyl (C=O) groups is 1. The van der Waals surface area contributed by atoms with Gasteiger partial charge in [-0.15, -0.1) is 0 Å². The molecule has 1 amide bonds. The molecule has 0 saturated heterocycles. The summed E-state index contributed by atoms with van der Waals surface area (Å²) in [5.74, 6) is 0.357. The van der Waals surface area contributed by atoms with Crippen LogP contribution in [0.5, 0.6) is 0 Å². The SMILES string of the molecule is CC(=O)Nc1cc(-c2cnn3c2CCCC3)c(Cl)cn1. The van der Waals surface area contributed by atoms with E-state index in [-0.39, 0.29) is 5.91 Å². The Hall–Kier alpha value is -1.88. The monoisotopic (exact) mass is 290 g/mol. The molecule has 3 rings (SSSR count). The van der Waals surface area contributed by atoms with Crippen LogP contribution in [0.3, 0.4) is 0 Å². The standard InChI is InChI=1S/C14H15ClN4O/c1-9(20)18-14-6-10(12(15)8-16-14)11-7-17-19-5-3-2-4-13(11)19/h6-8H,2-5H2,1H3,(H,16,18,20). The summed E-state index contributed by atoms with van der Waals surface area (Å²) < 4.78 is 2.04. The lowest BCUT2D eigenvalue weighted by molar-refractivity contribution is -0.114. The number of aryl methyl sites for hydroxylation is 1. The van der Waals surface area contributed by atoms with Gasteiger partial charge in [0.2, 0.25) is 5.91 Å². The van der Waals surface area contributed by atoms with Gasteiger partial charge in [0.05, 0.1) is 11.2 Å².